The second-order valence-electron chi connectivity index (χ2n) is 7.46. The predicted octanol–water partition coefficient (Wildman–Crippen LogP) is 3.81. The first-order chi connectivity index (χ1) is 15.6. The van der Waals surface area contributed by atoms with Gasteiger partial charge in [0.1, 0.15) is 11.6 Å². The third-order valence-electron chi connectivity index (χ3n) is 5.32. The fourth-order valence-electron chi connectivity index (χ4n) is 3.60. The molecule has 1 N–H and O–H groups in total. The maximum atomic E-state index is 14.0. The van der Waals surface area contributed by atoms with Crippen molar-refractivity contribution < 1.29 is 18.7 Å². The van der Waals surface area contributed by atoms with E-state index in [9.17, 15) is 14.0 Å². The van der Waals surface area contributed by atoms with Crippen LogP contribution in [0.5, 0.6) is 5.75 Å². The highest BCUT2D eigenvalue weighted by Gasteiger charge is 2.23. The van der Waals surface area contributed by atoms with Gasteiger partial charge in [-0.2, -0.15) is 0 Å². The van der Waals surface area contributed by atoms with E-state index in [-0.39, 0.29) is 24.2 Å². The van der Waals surface area contributed by atoms with Gasteiger partial charge in [-0.05, 0) is 36.4 Å². The highest BCUT2D eigenvalue weighted by atomic mass is 19.1. The van der Waals surface area contributed by atoms with E-state index in [2.05, 4.69) is 5.32 Å². The number of nitrogens with zero attached hydrogens (tertiary/aromatic N) is 2. The van der Waals surface area contributed by atoms with Gasteiger partial charge in [-0.15, -0.1) is 0 Å². The van der Waals surface area contributed by atoms with Gasteiger partial charge in [-0.3, -0.25) is 9.59 Å². The number of ether oxygens (including phenoxy) is 1. The van der Waals surface area contributed by atoms with Gasteiger partial charge in [0, 0.05) is 43.5 Å². The van der Waals surface area contributed by atoms with Crippen molar-refractivity contribution in [3.63, 3.8) is 0 Å². The smallest absolute Gasteiger partial charge is 0.260 e. The maximum absolute atomic E-state index is 14.0. The number of carbonyl (C=O) groups excluding carboxylic acids is 2. The second kappa shape index (κ2) is 9.96. The predicted molar refractivity (Wildman–Crippen MR) is 122 cm³/mol. The van der Waals surface area contributed by atoms with E-state index in [0.717, 1.165) is 0 Å². The van der Waals surface area contributed by atoms with Crippen LogP contribution in [0.25, 0.3) is 0 Å². The molecule has 0 aromatic heterocycles. The molecule has 3 aromatic rings. The van der Waals surface area contributed by atoms with Gasteiger partial charge in [0.15, 0.2) is 6.61 Å². The monoisotopic (exact) mass is 433 g/mol. The third-order valence-corrected chi connectivity index (χ3v) is 5.32. The minimum absolute atomic E-state index is 0.101. The van der Waals surface area contributed by atoms with E-state index in [0.29, 0.717) is 48.9 Å². The topological polar surface area (TPSA) is 61.9 Å². The van der Waals surface area contributed by atoms with Crippen LogP contribution >= 0.6 is 0 Å². The van der Waals surface area contributed by atoms with Crippen LogP contribution in [0.3, 0.4) is 0 Å². The molecule has 6 nitrogen and oxygen atoms in total. The van der Waals surface area contributed by atoms with Gasteiger partial charge >= 0.3 is 0 Å². The molecular formula is C25H24FN3O3. The van der Waals surface area contributed by atoms with Gasteiger partial charge in [0.05, 0.1) is 5.69 Å². The van der Waals surface area contributed by atoms with Gasteiger partial charge in [-0.1, -0.05) is 36.4 Å². The third kappa shape index (κ3) is 5.24. The van der Waals surface area contributed by atoms with Crippen LogP contribution in [0.1, 0.15) is 10.4 Å². The first kappa shape index (κ1) is 21.4. The van der Waals surface area contributed by atoms with Crippen molar-refractivity contribution >= 4 is 23.2 Å². The van der Waals surface area contributed by atoms with Crippen molar-refractivity contribution in [1.82, 2.24) is 4.90 Å². The van der Waals surface area contributed by atoms with Crippen LogP contribution in [0.4, 0.5) is 15.8 Å². The summed E-state index contributed by atoms with van der Waals surface area (Å²) in [5.41, 5.74) is 1.70. The number of piperazine rings is 1. The van der Waals surface area contributed by atoms with Gasteiger partial charge in [0.25, 0.3) is 11.8 Å². The van der Waals surface area contributed by atoms with E-state index in [1.165, 1.54) is 6.07 Å². The zero-order chi connectivity index (χ0) is 22.3. The number of halogens is 1. The molecule has 2 amide bonds. The minimum Gasteiger partial charge on any atom is -0.484 e. The lowest BCUT2D eigenvalue weighted by atomic mass is 10.2. The van der Waals surface area contributed by atoms with Gasteiger partial charge < -0.3 is 19.9 Å². The Kier molecular flexibility index (Phi) is 6.65. The summed E-state index contributed by atoms with van der Waals surface area (Å²) < 4.78 is 19.6. The Morgan fingerprint density at radius 3 is 2.34 bits per heavy atom. The highest BCUT2D eigenvalue weighted by Crippen LogP contribution is 2.21. The minimum atomic E-state index is -0.255. The standard InChI is InChI=1S/C25H24FN3O3/c26-22-11-4-5-12-23(22)28-13-15-29(16-14-28)24(30)18-32-21-10-6-9-20(17-21)27-25(31)19-7-2-1-3-8-19/h1-12,17H,13-16,18H2,(H,27,31). The van der Waals surface area contributed by atoms with Crippen molar-refractivity contribution in [2.24, 2.45) is 0 Å². The Balaban J connectivity index is 1.28. The van der Waals surface area contributed by atoms with E-state index in [4.69, 9.17) is 4.74 Å². The van der Waals surface area contributed by atoms with Crippen LogP contribution < -0.4 is 15.0 Å². The molecule has 0 unspecified atom stereocenters. The molecule has 32 heavy (non-hydrogen) atoms. The molecular weight excluding hydrogens is 409 g/mol. The molecule has 0 radical (unpaired) electrons. The van der Waals surface area contributed by atoms with E-state index >= 15 is 0 Å². The molecule has 0 bridgehead atoms. The summed E-state index contributed by atoms with van der Waals surface area (Å²) in [5.74, 6) is -0.104. The average molecular weight is 433 g/mol. The highest BCUT2D eigenvalue weighted by molar-refractivity contribution is 6.04. The molecule has 0 aliphatic carbocycles. The lowest BCUT2D eigenvalue weighted by molar-refractivity contribution is -0.133. The first-order valence-electron chi connectivity index (χ1n) is 10.5. The van der Waals surface area contributed by atoms with Crippen LogP contribution in [0.2, 0.25) is 0 Å². The number of carbonyl (C=O) groups is 2. The summed E-state index contributed by atoms with van der Waals surface area (Å²) in [4.78, 5) is 28.5. The number of amides is 2. The Bertz CT molecular complexity index is 1080. The molecule has 0 spiro atoms. The van der Waals surface area contributed by atoms with E-state index < -0.39 is 0 Å². The molecule has 1 aliphatic heterocycles. The number of nitrogens with one attached hydrogen (secondary N) is 1. The summed E-state index contributed by atoms with van der Waals surface area (Å²) in [6, 6.07) is 22.5. The normalized spacial score (nSPS) is 13.5. The number of benzene rings is 3. The van der Waals surface area contributed by atoms with Crippen molar-refractivity contribution in [2.75, 3.05) is 43.0 Å². The summed E-state index contributed by atoms with van der Waals surface area (Å²) in [5, 5.41) is 2.82. The first-order valence-corrected chi connectivity index (χ1v) is 10.5. The number of hydrogen-bond acceptors (Lipinski definition) is 4. The zero-order valence-electron chi connectivity index (χ0n) is 17.5. The summed E-state index contributed by atoms with van der Waals surface area (Å²) in [6.07, 6.45) is 0. The second-order valence-corrected chi connectivity index (χ2v) is 7.46. The lowest BCUT2D eigenvalue weighted by Gasteiger charge is -2.36. The SMILES string of the molecule is O=C(Nc1cccc(OCC(=O)N2CCN(c3ccccc3F)CC2)c1)c1ccccc1. The molecule has 1 saturated heterocycles. The lowest BCUT2D eigenvalue weighted by Crippen LogP contribution is -2.50. The van der Waals surface area contributed by atoms with E-state index in [1.807, 2.05) is 11.0 Å². The zero-order valence-corrected chi connectivity index (χ0v) is 17.5. The molecule has 4 rings (SSSR count). The number of rotatable bonds is 6. The van der Waals surface area contributed by atoms with Crippen molar-refractivity contribution in [1.29, 1.82) is 0 Å². The van der Waals surface area contributed by atoms with Crippen molar-refractivity contribution in [3.8, 4) is 5.75 Å². The average Bonchev–Trinajstić information content (AvgIpc) is 2.84. The Morgan fingerprint density at radius 2 is 1.59 bits per heavy atom. The molecule has 7 heteroatoms. The molecule has 0 saturated carbocycles. The molecule has 1 fully saturated rings. The number of hydrogen-bond donors (Lipinski definition) is 1. The maximum Gasteiger partial charge on any atom is 0.260 e. The van der Waals surface area contributed by atoms with Gasteiger partial charge in [0.2, 0.25) is 0 Å². The quantitative estimate of drug-likeness (QED) is 0.642. The Morgan fingerprint density at radius 1 is 0.875 bits per heavy atom. The Labute approximate surface area is 186 Å². The van der Waals surface area contributed by atoms with Crippen LogP contribution in [-0.2, 0) is 4.79 Å². The van der Waals surface area contributed by atoms with Crippen LogP contribution in [0, 0.1) is 5.82 Å². The number of anilines is 2. The van der Waals surface area contributed by atoms with E-state index in [1.54, 1.807) is 71.6 Å². The fourth-order valence-corrected chi connectivity index (χ4v) is 3.60. The fraction of sp³-hybridized carbons (Fsp3) is 0.200. The largest absolute Gasteiger partial charge is 0.484 e. The molecule has 1 heterocycles. The molecule has 164 valence electrons. The van der Waals surface area contributed by atoms with Crippen LogP contribution in [0.15, 0.2) is 78.9 Å². The summed E-state index contributed by atoms with van der Waals surface area (Å²) >= 11 is 0. The van der Waals surface area contributed by atoms with Crippen molar-refractivity contribution in [3.05, 3.63) is 90.2 Å². The van der Waals surface area contributed by atoms with Crippen molar-refractivity contribution in [2.45, 2.75) is 0 Å². The summed E-state index contributed by atoms with van der Waals surface area (Å²) in [7, 11) is 0. The molecule has 1 aliphatic rings. The molecule has 0 atom stereocenters. The summed E-state index contributed by atoms with van der Waals surface area (Å²) in [6.45, 7) is 2.03. The van der Waals surface area contributed by atoms with Gasteiger partial charge in [-0.25, -0.2) is 4.39 Å². The number of para-hydroxylation sites is 1. The Hall–Kier alpha value is -3.87. The van der Waals surface area contributed by atoms with Crippen LogP contribution in [-0.4, -0.2) is 49.5 Å². The molecule has 3 aromatic carbocycles.